The van der Waals surface area contributed by atoms with Crippen LogP contribution in [0.1, 0.15) is 24.4 Å². The Kier molecular flexibility index (Phi) is 6.78. The molecule has 0 unspecified atom stereocenters. The largest absolute Gasteiger partial charge is 0.314 e. The first-order chi connectivity index (χ1) is 9.18. The molecular weight excluding hydrogens is 324 g/mol. The molecule has 0 radical (unpaired) electrons. The summed E-state index contributed by atoms with van der Waals surface area (Å²) in [6, 6.07) is 2.32. The average molecular weight is 343 g/mol. The Morgan fingerprint density at radius 2 is 1.62 bits per heavy atom. The minimum Gasteiger partial charge on any atom is -0.314 e. The summed E-state index contributed by atoms with van der Waals surface area (Å²) >= 11 is 0. The Bertz CT molecular complexity index is 478. The first-order valence-corrected chi connectivity index (χ1v) is 6.76. The van der Waals surface area contributed by atoms with Crippen LogP contribution in [0.2, 0.25) is 0 Å². The fourth-order valence-electron chi connectivity index (χ4n) is 2.89. The lowest BCUT2D eigenvalue weighted by molar-refractivity contribution is 0.152. The normalized spacial score (nSPS) is 20.3. The van der Waals surface area contributed by atoms with Gasteiger partial charge in [0.2, 0.25) is 0 Å². The molecule has 2 fully saturated rings. The summed E-state index contributed by atoms with van der Waals surface area (Å²) in [7, 11) is 0. The monoisotopic (exact) mass is 342 g/mol. The number of hydrogen-bond acceptors (Lipinski definition) is 2. The predicted molar refractivity (Wildman–Crippen MR) is 80.7 cm³/mol. The highest BCUT2D eigenvalue weighted by Crippen LogP contribution is 2.45. The third-order valence-electron chi connectivity index (χ3n) is 4.00. The van der Waals surface area contributed by atoms with E-state index >= 15 is 0 Å². The van der Waals surface area contributed by atoms with Crippen LogP contribution in [0.15, 0.2) is 12.1 Å². The molecule has 1 aromatic carbocycles. The summed E-state index contributed by atoms with van der Waals surface area (Å²) < 4.78 is 40.5. The highest BCUT2D eigenvalue weighted by molar-refractivity contribution is 5.85. The van der Waals surface area contributed by atoms with Gasteiger partial charge < -0.3 is 5.32 Å². The zero-order chi connectivity index (χ0) is 13.4. The maximum absolute atomic E-state index is 14.0. The van der Waals surface area contributed by atoms with Gasteiger partial charge in [-0.2, -0.15) is 0 Å². The Morgan fingerprint density at radius 1 is 1.00 bits per heavy atom. The van der Waals surface area contributed by atoms with E-state index in [4.69, 9.17) is 0 Å². The van der Waals surface area contributed by atoms with Crippen LogP contribution in [0, 0.1) is 23.4 Å². The van der Waals surface area contributed by atoms with Crippen molar-refractivity contribution in [3.8, 4) is 0 Å². The van der Waals surface area contributed by atoms with Gasteiger partial charge in [0.05, 0.1) is 0 Å². The maximum Gasteiger partial charge on any atom is 0.194 e. The zero-order valence-corrected chi connectivity index (χ0v) is 13.1. The molecule has 1 atom stereocenters. The molecule has 1 saturated carbocycles. The van der Waals surface area contributed by atoms with Crippen molar-refractivity contribution in [3.63, 3.8) is 0 Å². The van der Waals surface area contributed by atoms with Gasteiger partial charge in [0.25, 0.3) is 0 Å². The van der Waals surface area contributed by atoms with Crippen molar-refractivity contribution in [2.24, 2.45) is 5.92 Å². The quantitative estimate of drug-likeness (QED) is 0.848. The molecule has 21 heavy (non-hydrogen) atoms. The van der Waals surface area contributed by atoms with E-state index in [9.17, 15) is 13.2 Å². The van der Waals surface area contributed by atoms with Crippen molar-refractivity contribution >= 4 is 24.8 Å². The summed E-state index contributed by atoms with van der Waals surface area (Å²) in [5, 5.41) is 3.25. The van der Waals surface area contributed by atoms with Crippen molar-refractivity contribution in [1.82, 2.24) is 10.2 Å². The van der Waals surface area contributed by atoms with Crippen LogP contribution in [-0.2, 0) is 0 Å². The van der Waals surface area contributed by atoms with Crippen molar-refractivity contribution < 1.29 is 13.2 Å². The van der Waals surface area contributed by atoms with Crippen molar-refractivity contribution in [1.29, 1.82) is 0 Å². The van der Waals surface area contributed by atoms with E-state index in [1.165, 1.54) is 6.07 Å². The van der Waals surface area contributed by atoms with Crippen LogP contribution < -0.4 is 5.32 Å². The maximum atomic E-state index is 14.0. The molecule has 0 bridgehead atoms. The molecule has 2 nitrogen and oxygen atoms in total. The second kappa shape index (κ2) is 7.68. The lowest BCUT2D eigenvalue weighted by atomic mass is 9.99. The zero-order valence-electron chi connectivity index (χ0n) is 11.4. The van der Waals surface area contributed by atoms with Crippen LogP contribution in [0.25, 0.3) is 0 Å². The van der Waals surface area contributed by atoms with E-state index in [2.05, 4.69) is 10.2 Å². The van der Waals surface area contributed by atoms with Crippen LogP contribution in [-0.4, -0.2) is 31.1 Å². The standard InChI is InChI=1S/C14H17F3N2.2ClH/c15-11-4-3-10(12(16)13(11)17)14(9-1-2-9)19-7-5-18-6-8-19;;/h3-4,9,14,18H,1-2,5-8H2;2*1H/t14-;;/m0../s1. The fourth-order valence-corrected chi connectivity index (χ4v) is 2.89. The Balaban J connectivity index is 0.00000110. The van der Waals surface area contributed by atoms with Gasteiger partial charge in [-0.25, -0.2) is 13.2 Å². The number of hydrogen-bond donors (Lipinski definition) is 1. The van der Waals surface area contributed by atoms with Crippen LogP contribution in [0.5, 0.6) is 0 Å². The summed E-state index contributed by atoms with van der Waals surface area (Å²) in [5.41, 5.74) is 0.309. The van der Waals surface area contributed by atoms with Crippen LogP contribution >= 0.6 is 24.8 Å². The molecule has 1 aliphatic heterocycles. The number of halogens is 5. The van der Waals surface area contributed by atoms with E-state index < -0.39 is 17.5 Å². The fraction of sp³-hybridized carbons (Fsp3) is 0.571. The molecule has 7 heteroatoms. The molecule has 2 aliphatic rings. The van der Waals surface area contributed by atoms with Crippen molar-refractivity contribution in [2.75, 3.05) is 26.2 Å². The molecule has 0 amide bonds. The molecule has 120 valence electrons. The first kappa shape index (κ1) is 18.6. The van der Waals surface area contributed by atoms with Gasteiger partial charge in [0.15, 0.2) is 17.5 Å². The molecule has 1 aromatic rings. The van der Waals surface area contributed by atoms with Gasteiger partial charge in [-0.1, -0.05) is 6.07 Å². The van der Waals surface area contributed by atoms with Gasteiger partial charge in [-0.05, 0) is 24.8 Å². The average Bonchev–Trinajstić information content (AvgIpc) is 3.25. The van der Waals surface area contributed by atoms with Gasteiger partial charge in [-0.3, -0.25) is 4.90 Å². The summed E-state index contributed by atoms with van der Waals surface area (Å²) in [6.45, 7) is 3.35. The summed E-state index contributed by atoms with van der Waals surface area (Å²) in [6.07, 6.45) is 2.07. The van der Waals surface area contributed by atoms with E-state index in [1.807, 2.05) is 0 Å². The second-order valence-corrected chi connectivity index (χ2v) is 5.33. The number of benzene rings is 1. The smallest absolute Gasteiger partial charge is 0.194 e. The first-order valence-electron chi connectivity index (χ1n) is 6.76. The topological polar surface area (TPSA) is 15.3 Å². The molecule has 1 heterocycles. The molecule has 3 rings (SSSR count). The highest BCUT2D eigenvalue weighted by Gasteiger charge is 2.38. The third kappa shape index (κ3) is 3.83. The summed E-state index contributed by atoms with van der Waals surface area (Å²) in [4.78, 5) is 2.18. The number of nitrogens with one attached hydrogen (secondary N) is 1. The SMILES string of the molecule is Cl.Cl.Fc1ccc([C@H](C2CC2)N2CCNCC2)c(F)c1F. The number of nitrogens with zero attached hydrogens (tertiary/aromatic N) is 1. The van der Waals surface area contributed by atoms with E-state index in [-0.39, 0.29) is 30.9 Å². The predicted octanol–water partition coefficient (Wildman–Crippen LogP) is 3.30. The molecular formula is C14H19Cl2F3N2. The Morgan fingerprint density at radius 3 is 2.19 bits per heavy atom. The van der Waals surface area contributed by atoms with E-state index in [0.29, 0.717) is 11.5 Å². The van der Waals surface area contributed by atoms with Crippen LogP contribution in [0.3, 0.4) is 0 Å². The second-order valence-electron chi connectivity index (χ2n) is 5.33. The van der Waals surface area contributed by atoms with Crippen molar-refractivity contribution in [2.45, 2.75) is 18.9 Å². The Labute approximate surface area is 134 Å². The number of piperazine rings is 1. The van der Waals surface area contributed by atoms with E-state index in [1.54, 1.807) is 0 Å². The highest BCUT2D eigenvalue weighted by atomic mass is 35.5. The van der Waals surface area contributed by atoms with Gasteiger partial charge >= 0.3 is 0 Å². The molecule has 1 aliphatic carbocycles. The van der Waals surface area contributed by atoms with Crippen LogP contribution in [0.4, 0.5) is 13.2 Å². The van der Waals surface area contributed by atoms with Gasteiger partial charge in [-0.15, -0.1) is 24.8 Å². The lowest BCUT2D eigenvalue weighted by Gasteiger charge is -2.35. The molecule has 1 N–H and O–H groups in total. The number of rotatable bonds is 3. The summed E-state index contributed by atoms with van der Waals surface area (Å²) in [5.74, 6) is -3.11. The van der Waals surface area contributed by atoms with E-state index in [0.717, 1.165) is 45.1 Å². The molecule has 0 spiro atoms. The molecule has 1 saturated heterocycles. The van der Waals surface area contributed by atoms with Gasteiger partial charge in [0.1, 0.15) is 0 Å². The van der Waals surface area contributed by atoms with Gasteiger partial charge in [0, 0.05) is 37.8 Å². The third-order valence-corrected chi connectivity index (χ3v) is 4.00. The van der Waals surface area contributed by atoms with Crippen molar-refractivity contribution in [3.05, 3.63) is 35.1 Å². The minimum atomic E-state index is -1.35. The minimum absolute atomic E-state index is 0. The molecule has 0 aromatic heterocycles. The Hall–Kier alpha value is -0.490. The lowest BCUT2D eigenvalue weighted by Crippen LogP contribution is -2.46.